The van der Waals surface area contributed by atoms with Gasteiger partial charge < -0.3 is 14.5 Å². The molecule has 0 bridgehead atoms. The summed E-state index contributed by atoms with van der Waals surface area (Å²) in [5.41, 5.74) is 1.86. The molecule has 0 aliphatic carbocycles. The fraction of sp³-hybridized carbons (Fsp3) is 0.200. The Morgan fingerprint density at radius 3 is 2.76 bits per heavy atom. The van der Waals surface area contributed by atoms with Gasteiger partial charge in [0, 0.05) is 27.4 Å². The van der Waals surface area contributed by atoms with Gasteiger partial charge in [-0.15, -0.1) is 0 Å². The Kier molecular flexibility index (Phi) is 9.66. The van der Waals surface area contributed by atoms with Crippen molar-refractivity contribution in [3.05, 3.63) is 88.6 Å². The summed E-state index contributed by atoms with van der Waals surface area (Å²) in [5.74, 6) is 0.758. The molecule has 0 saturated heterocycles. The average Bonchev–Trinajstić information content (AvgIpc) is 3.22. The maximum absolute atomic E-state index is 12.4. The first kappa shape index (κ1) is 25.1. The number of allylic oxidation sites excluding steroid dienone is 2. The molecule has 0 aliphatic heterocycles. The molecule has 1 aromatic heterocycles. The number of nitrogens with one attached hydrogen (secondary N) is 1. The van der Waals surface area contributed by atoms with Crippen molar-refractivity contribution in [2.75, 3.05) is 12.4 Å². The van der Waals surface area contributed by atoms with E-state index in [1.54, 1.807) is 24.8 Å². The molecule has 3 aromatic rings. The number of fused-ring (bicyclic) bond motifs is 1. The second-order valence-electron chi connectivity index (χ2n) is 6.98. The van der Waals surface area contributed by atoms with Crippen LogP contribution in [0.1, 0.15) is 18.2 Å². The van der Waals surface area contributed by atoms with Crippen LogP contribution in [0, 0.1) is 0 Å². The predicted molar refractivity (Wildman–Crippen MR) is 138 cm³/mol. The van der Waals surface area contributed by atoms with Crippen LogP contribution in [0.2, 0.25) is 0 Å². The largest absolute Gasteiger partial charge is 0.464 e. The van der Waals surface area contributed by atoms with E-state index in [1.807, 2.05) is 54.6 Å². The number of rotatable bonds is 10. The van der Waals surface area contributed by atoms with Gasteiger partial charge in [-0.05, 0) is 42.8 Å². The van der Waals surface area contributed by atoms with Crippen molar-refractivity contribution in [1.82, 2.24) is 5.32 Å². The van der Waals surface area contributed by atoms with Crippen molar-refractivity contribution in [2.45, 2.75) is 18.7 Å². The molecule has 0 spiro atoms. The molecule has 33 heavy (non-hydrogen) atoms. The molecule has 172 valence electrons. The number of halogens is 2. The zero-order valence-corrected chi connectivity index (χ0v) is 21.1. The van der Waals surface area contributed by atoms with E-state index in [1.165, 1.54) is 12.2 Å². The number of thioether (sulfide) groups is 1. The molecular formula is C25H23BrClNO4S. The third-order valence-electron chi connectivity index (χ3n) is 4.49. The summed E-state index contributed by atoms with van der Waals surface area (Å²) in [6.45, 7) is 1.98. The van der Waals surface area contributed by atoms with Gasteiger partial charge in [0.25, 0.3) is 0 Å². The first-order valence-corrected chi connectivity index (χ1v) is 12.6. The molecule has 1 amide bonds. The van der Waals surface area contributed by atoms with Gasteiger partial charge in [-0.25, -0.2) is 4.79 Å². The lowest BCUT2D eigenvalue weighted by atomic mass is 10.2. The Morgan fingerprint density at radius 2 is 2.00 bits per heavy atom. The van der Waals surface area contributed by atoms with Crippen LogP contribution in [0.5, 0.6) is 0 Å². The number of furan rings is 1. The van der Waals surface area contributed by atoms with Gasteiger partial charge in [0.15, 0.2) is 0 Å². The smallest absolute Gasteiger partial charge is 0.329 e. The molecule has 0 radical (unpaired) electrons. The van der Waals surface area contributed by atoms with Crippen molar-refractivity contribution in [3.63, 3.8) is 0 Å². The number of amides is 1. The molecule has 0 aliphatic rings. The van der Waals surface area contributed by atoms with E-state index in [0.29, 0.717) is 22.1 Å². The maximum Gasteiger partial charge on any atom is 0.329 e. The zero-order valence-electron chi connectivity index (χ0n) is 17.9. The lowest BCUT2D eigenvalue weighted by Crippen LogP contribution is -2.43. The van der Waals surface area contributed by atoms with Crippen LogP contribution in [-0.4, -0.2) is 30.3 Å². The van der Waals surface area contributed by atoms with Crippen molar-refractivity contribution in [2.24, 2.45) is 0 Å². The second-order valence-corrected chi connectivity index (χ2v) is 9.33. The number of benzene rings is 2. The molecule has 2 aromatic carbocycles. The fourth-order valence-corrected chi connectivity index (χ4v) is 4.48. The van der Waals surface area contributed by atoms with Crippen LogP contribution in [0.3, 0.4) is 0 Å². The third kappa shape index (κ3) is 7.81. The molecule has 3 rings (SSSR count). The van der Waals surface area contributed by atoms with Crippen LogP contribution in [0.25, 0.3) is 16.0 Å². The second kappa shape index (κ2) is 12.7. The van der Waals surface area contributed by atoms with Crippen molar-refractivity contribution in [1.29, 1.82) is 0 Å². The quantitative estimate of drug-likeness (QED) is 0.183. The first-order valence-electron chi connectivity index (χ1n) is 10.3. The van der Waals surface area contributed by atoms with E-state index in [-0.39, 0.29) is 6.61 Å². The van der Waals surface area contributed by atoms with Gasteiger partial charge in [0.2, 0.25) is 5.91 Å². The molecule has 1 atom stereocenters. The fourth-order valence-electron chi connectivity index (χ4n) is 2.93. The molecule has 0 fully saturated rings. The van der Waals surface area contributed by atoms with Gasteiger partial charge in [0.05, 0.1) is 11.6 Å². The van der Waals surface area contributed by atoms with Gasteiger partial charge in [-0.1, -0.05) is 63.9 Å². The van der Waals surface area contributed by atoms with E-state index >= 15 is 0 Å². The highest BCUT2D eigenvalue weighted by atomic mass is 79.9. The molecule has 8 heteroatoms. The Labute approximate surface area is 210 Å². The lowest BCUT2D eigenvalue weighted by Gasteiger charge is -2.16. The van der Waals surface area contributed by atoms with Crippen LogP contribution >= 0.6 is 39.3 Å². The van der Waals surface area contributed by atoms with Crippen molar-refractivity contribution in [3.8, 4) is 0 Å². The zero-order chi connectivity index (χ0) is 23.6. The highest BCUT2D eigenvalue weighted by molar-refractivity contribution is 9.10. The third-order valence-corrected chi connectivity index (χ3v) is 6.40. The molecule has 1 heterocycles. The van der Waals surface area contributed by atoms with Gasteiger partial charge >= 0.3 is 5.97 Å². The first-order chi connectivity index (χ1) is 16.0. The number of esters is 1. The number of ether oxygens (including phenoxy) is 1. The molecule has 0 saturated carbocycles. The maximum atomic E-state index is 12.4. The molecular weight excluding hydrogens is 526 g/mol. The SMILES string of the molecule is CCOC(=O)C(CSCc1ccccc1)NC(=O)C=CC=C(Cl)c1cc2cc(Br)ccc2o1. The summed E-state index contributed by atoms with van der Waals surface area (Å²) in [7, 11) is 0. The Balaban J connectivity index is 1.58. The lowest BCUT2D eigenvalue weighted by molar-refractivity contribution is -0.146. The molecule has 1 unspecified atom stereocenters. The highest BCUT2D eigenvalue weighted by Gasteiger charge is 2.21. The number of carbonyl (C=O) groups excluding carboxylic acids is 2. The Morgan fingerprint density at radius 1 is 1.21 bits per heavy atom. The minimum atomic E-state index is -0.746. The van der Waals surface area contributed by atoms with Crippen LogP contribution < -0.4 is 5.32 Å². The van der Waals surface area contributed by atoms with E-state index in [9.17, 15) is 9.59 Å². The summed E-state index contributed by atoms with van der Waals surface area (Å²) in [6, 6.07) is 16.7. The van der Waals surface area contributed by atoms with Gasteiger partial charge in [-0.3, -0.25) is 4.79 Å². The Bertz CT molecular complexity index is 1160. The molecule has 1 N–H and O–H groups in total. The monoisotopic (exact) mass is 547 g/mol. The highest BCUT2D eigenvalue weighted by Crippen LogP contribution is 2.28. The Hall–Kier alpha value is -2.48. The minimum Gasteiger partial charge on any atom is -0.464 e. The van der Waals surface area contributed by atoms with Crippen LogP contribution in [-0.2, 0) is 20.1 Å². The number of carbonyl (C=O) groups is 2. The summed E-state index contributed by atoms with van der Waals surface area (Å²) in [5, 5.41) is 3.98. The summed E-state index contributed by atoms with van der Waals surface area (Å²) >= 11 is 11.3. The summed E-state index contributed by atoms with van der Waals surface area (Å²) < 4.78 is 11.8. The topological polar surface area (TPSA) is 68.5 Å². The minimum absolute atomic E-state index is 0.247. The van der Waals surface area contributed by atoms with Gasteiger partial charge in [-0.2, -0.15) is 11.8 Å². The van der Waals surface area contributed by atoms with E-state index in [0.717, 1.165) is 21.2 Å². The summed E-state index contributed by atoms with van der Waals surface area (Å²) in [4.78, 5) is 24.6. The predicted octanol–water partition coefficient (Wildman–Crippen LogP) is 6.31. The molecule has 5 nitrogen and oxygen atoms in total. The van der Waals surface area contributed by atoms with Crippen molar-refractivity contribution < 1.29 is 18.7 Å². The number of hydrogen-bond acceptors (Lipinski definition) is 5. The van der Waals surface area contributed by atoms with Crippen molar-refractivity contribution >= 4 is 67.2 Å². The van der Waals surface area contributed by atoms with Crippen LogP contribution in [0.15, 0.2) is 81.7 Å². The normalized spacial score (nSPS) is 12.8. The standard InChI is InChI=1S/C25H23BrClNO4S/c1-2-31-25(30)21(16-33-15-17-7-4-3-5-8-17)28-24(29)10-6-9-20(27)23-14-18-13-19(26)11-12-22(18)32-23/h3-14,21H,2,15-16H2,1H3,(H,28,29). The summed E-state index contributed by atoms with van der Waals surface area (Å²) in [6.07, 6.45) is 4.40. The van der Waals surface area contributed by atoms with Gasteiger partial charge in [0.1, 0.15) is 17.4 Å². The number of hydrogen-bond donors (Lipinski definition) is 1. The van der Waals surface area contributed by atoms with E-state index in [2.05, 4.69) is 21.2 Å². The van der Waals surface area contributed by atoms with E-state index in [4.69, 9.17) is 20.8 Å². The van der Waals surface area contributed by atoms with Crippen LogP contribution in [0.4, 0.5) is 0 Å². The van der Waals surface area contributed by atoms with E-state index < -0.39 is 17.9 Å². The average molecular weight is 549 g/mol.